The maximum absolute atomic E-state index is 13.1. The number of carbonyl (C=O) groups is 2. The number of carbonyl (C=O) groups excluding carboxylic acids is 2. The van der Waals surface area contributed by atoms with Gasteiger partial charge < -0.3 is 15.2 Å². The number of rotatable bonds is 8. The van der Waals surface area contributed by atoms with Gasteiger partial charge in [-0.1, -0.05) is 70.2 Å². The fraction of sp³-hybridized carbons (Fsp3) is 0.440. The van der Waals surface area contributed by atoms with Gasteiger partial charge in [-0.25, -0.2) is 4.79 Å². The van der Waals surface area contributed by atoms with Crippen LogP contribution in [-0.2, 0) is 10.3 Å². The Balaban J connectivity index is 1.67. The molecule has 3 rings (SSSR count). The number of benzene rings is 2. The Morgan fingerprint density at radius 2 is 1.65 bits per heavy atom. The number of aliphatic hydroxyl groups excluding tert-OH is 1. The molecule has 6 nitrogen and oxygen atoms in total. The fourth-order valence-corrected chi connectivity index (χ4v) is 3.80. The summed E-state index contributed by atoms with van der Waals surface area (Å²) in [5, 5.41) is 13.3. The molecule has 166 valence electrons. The summed E-state index contributed by atoms with van der Waals surface area (Å²) in [7, 11) is 0. The van der Waals surface area contributed by atoms with E-state index in [9.17, 15) is 14.7 Å². The van der Waals surface area contributed by atoms with Gasteiger partial charge in [-0.3, -0.25) is 9.69 Å². The summed E-state index contributed by atoms with van der Waals surface area (Å²) in [4.78, 5) is 26.7. The maximum atomic E-state index is 13.1. The van der Waals surface area contributed by atoms with Gasteiger partial charge in [-0.05, 0) is 41.5 Å². The number of hydrogen-bond donors (Lipinski definition) is 2. The average molecular weight is 425 g/mol. The predicted molar refractivity (Wildman–Crippen MR) is 120 cm³/mol. The normalized spacial score (nSPS) is 19.8. The lowest BCUT2D eigenvalue weighted by Crippen LogP contribution is -2.42. The quantitative estimate of drug-likeness (QED) is 0.624. The molecule has 3 amide bonds. The van der Waals surface area contributed by atoms with Crippen LogP contribution < -0.4 is 10.1 Å². The summed E-state index contributed by atoms with van der Waals surface area (Å²) in [6.45, 7) is 9.89. The zero-order valence-corrected chi connectivity index (χ0v) is 18.9. The third-order valence-electron chi connectivity index (χ3n) is 5.80. The summed E-state index contributed by atoms with van der Waals surface area (Å²) in [6.07, 6.45) is -0.999. The van der Waals surface area contributed by atoms with Crippen LogP contribution in [0, 0.1) is 0 Å². The first-order chi connectivity index (χ1) is 14.6. The zero-order chi connectivity index (χ0) is 22.8. The molecule has 0 spiro atoms. The maximum Gasteiger partial charge on any atom is 0.325 e. The van der Waals surface area contributed by atoms with Gasteiger partial charge in [0.1, 0.15) is 24.0 Å². The van der Waals surface area contributed by atoms with Gasteiger partial charge in [0.15, 0.2) is 0 Å². The van der Waals surface area contributed by atoms with Crippen LogP contribution in [0.3, 0.4) is 0 Å². The molecular formula is C25H32N2O4. The van der Waals surface area contributed by atoms with Crippen molar-refractivity contribution in [1.29, 1.82) is 0 Å². The van der Waals surface area contributed by atoms with Gasteiger partial charge in [0.05, 0.1) is 6.54 Å². The summed E-state index contributed by atoms with van der Waals surface area (Å²) in [6, 6.07) is 14.8. The highest BCUT2D eigenvalue weighted by atomic mass is 16.5. The van der Waals surface area contributed by atoms with Gasteiger partial charge in [0.2, 0.25) is 0 Å². The molecule has 1 aliphatic heterocycles. The first kappa shape index (κ1) is 22.8. The van der Waals surface area contributed by atoms with Crippen LogP contribution >= 0.6 is 0 Å². The molecule has 2 N–H and O–H groups in total. The molecule has 1 fully saturated rings. The number of imide groups is 1. The lowest BCUT2D eigenvalue weighted by atomic mass is 9.90. The SMILES string of the molecule is CC(C)c1ccc(C2(C)NC(=O)N(CC(O)COc3ccccc3C(C)C)C2=O)cc1. The Hall–Kier alpha value is -2.86. The van der Waals surface area contributed by atoms with E-state index in [-0.39, 0.29) is 25.0 Å². The molecule has 6 heteroatoms. The zero-order valence-electron chi connectivity index (χ0n) is 18.9. The Kier molecular flexibility index (Phi) is 6.70. The standard InChI is InChI=1S/C25H32N2O4/c1-16(2)18-10-12-19(13-11-18)25(5)23(29)27(24(30)26-25)14-20(28)15-31-22-9-7-6-8-21(22)17(3)4/h6-13,16-17,20,28H,14-15H2,1-5H3,(H,26,30). The highest BCUT2D eigenvalue weighted by Crippen LogP contribution is 2.30. The molecule has 2 atom stereocenters. The molecule has 0 aliphatic carbocycles. The summed E-state index contributed by atoms with van der Waals surface area (Å²) < 4.78 is 5.79. The number of nitrogens with zero attached hydrogens (tertiary/aromatic N) is 1. The van der Waals surface area contributed by atoms with Gasteiger partial charge in [-0.15, -0.1) is 0 Å². The number of para-hydroxylation sites is 1. The van der Waals surface area contributed by atoms with E-state index < -0.39 is 17.7 Å². The lowest BCUT2D eigenvalue weighted by Gasteiger charge is -2.24. The van der Waals surface area contributed by atoms with Crippen LogP contribution in [0.4, 0.5) is 4.79 Å². The lowest BCUT2D eigenvalue weighted by molar-refractivity contribution is -0.132. The second-order valence-electron chi connectivity index (χ2n) is 8.90. The summed E-state index contributed by atoms with van der Waals surface area (Å²) >= 11 is 0. The first-order valence-corrected chi connectivity index (χ1v) is 10.8. The van der Waals surface area contributed by atoms with Gasteiger partial charge in [-0.2, -0.15) is 0 Å². The topological polar surface area (TPSA) is 78.9 Å². The number of nitrogens with one attached hydrogen (secondary N) is 1. The van der Waals surface area contributed by atoms with Crippen molar-refractivity contribution in [2.75, 3.05) is 13.2 Å². The number of urea groups is 1. The molecule has 2 unspecified atom stereocenters. The van der Waals surface area contributed by atoms with E-state index in [0.29, 0.717) is 17.2 Å². The molecule has 2 aromatic carbocycles. The van der Waals surface area contributed by atoms with E-state index in [0.717, 1.165) is 16.0 Å². The van der Waals surface area contributed by atoms with Crippen molar-refractivity contribution in [3.05, 3.63) is 65.2 Å². The number of β-amino-alcohol motifs (C(OH)–C–C–N with tert-alkyl or cyclic N) is 1. The van der Waals surface area contributed by atoms with Crippen molar-refractivity contribution < 1.29 is 19.4 Å². The minimum Gasteiger partial charge on any atom is -0.491 e. The number of aliphatic hydroxyl groups is 1. The molecule has 2 aromatic rings. The van der Waals surface area contributed by atoms with E-state index in [1.807, 2.05) is 48.5 Å². The Labute approximate surface area is 184 Å². The Morgan fingerprint density at radius 3 is 2.26 bits per heavy atom. The van der Waals surface area contributed by atoms with Crippen molar-refractivity contribution in [2.45, 2.75) is 58.1 Å². The first-order valence-electron chi connectivity index (χ1n) is 10.8. The van der Waals surface area contributed by atoms with Gasteiger partial charge in [0, 0.05) is 0 Å². The van der Waals surface area contributed by atoms with E-state index in [1.165, 1.54) is 0 Å². The highest BCUT2D eigenvalue weighted by Gasteiger charge is 2.49. The minimum absolute atomic E-state index is 0.0133. The molecule has 31 heavy (non-hydrogen) atoms. The van der Waals surface area contributed by atoms with Crippen LogP contribution in [0.2, 0.25) is 0 Å². The summed E-state index contributed by atoms with van der Waals surface area (Å²) in [5.74, 6) is 0.977. The molecule has 0 bridgehead atoms. The molecule has 0 saturated carbocycles. The largest absolute Gasteiger partial charge is 0.491 e. The van der Waals surface area contributed by atoms with Crippen molar-refractivity contribution in [1.82, 2.24) is 10.2 Å². The van der Waals surface area contributed by atoms with E-state index in [4.69, 9.17) is 4.74 Å². The van der Waals surface area contributed by atoms with Gasteiger partial charge in [0.25, 0.3) is 5.91 Å². The Bertz CT molecular complexity index is 939. The average Bonchev–Trinajstić information content (AvgIpc) is 2.96. The Morgan fingerprint density at radius 1 is 1.00 bits per heavy atom. The van der Waals surface area contributed by atoms with Crippen LogP contribution in [-0.4, -0.2) is 41.2 Å². The monoisotopic (exact) mass is 424 g/mol. The molecular weight excluding hydrogens is 392 g/mol. The third-order valence-corrected chi connectivity index (χ3v) is 5.80. The highest BCUT2D eigenvalue weighted by molar-refractivity contribution is 6.07. The van der Waals surface area contributed by atoms with Crippen molar-refractivity contribution in [3.63, 3.8) is 0 Å². The second kappa shape index (κ2) is 9.10. The van der Waals surface area contributed by atoms with Crippen molar-refractivity contribution in [3.8, 4) is 5.75 Å². The molecule has 0 aromatic heterocycles. The molecule has 1 aliphatic rings. The fourth-order valence-electron chi connectivity index (χ4n) is 3.80. The smallest absolute Gasteiger partial charge is 0.325 e. The third kappa shape index (κ3) is 4.74. The van der Waals surface area contributed by atoms with Crippen LogP contribution in [0.15, 0.2) is 48.5 Å². The van der Waals surface area contributed by atoms with Crippen molar-refractivity contribution in [2.24, 2.45) is 0 Å². The summed E-state index contributed by atoms with van der Waals surface area (Å²) in [5.41, 5.74) is 1.77. The number of ether oxygens (including phenoxy) is 1. The van der Waals surface area contributed by atoms with E-state index in [1.54, 1.807) is 6.92 Å². The van der Waals surface area contributed by atoms with Crippen LogP contribution in [0.1, 0.15) is 63.1 Å². The second-order valence-corrected chi connectivity index (χ2v) is 8.90. The van der Waals surface area contributed by atoms with Crippen molar-refractivity contribution >= 4 is 11.9 Å². The number of hydrogen-bond acceptors (Lipinski definition) is 4. The van der Waals surface area contributed by atoms with E-state index >= 15 is 0 Å². The van der Waals surface area contributed by atoms with Crippen LogP contribution in [0.25, 0.3) is 0 Å². The molecule has 0 radical (unpaired) electrons. The van der Waals surface area contributed by atoms with Crippen LogP contribution in [0.5, 0.6) is 5.75 Å². The molecule has 1 saturated heterocycles. The minimum atomic E-state index is -1.16. The van der Waals surface area contributed by atoms with Gasteiger partial charge >= 0.3 is 6.03 Å². The molecule has 1 heterocycles. The number of amides is 3. The predicted octanol–water partition coefficient (Wildman–Crippen LogP) is 4.14. The van der Waals surface area contributed by atoms with E-state index in [2.05, 4.69) is 33.0 Å².